The van der Waals surface area contributed by atoms with Crippen molar-refractivity contribution in [2.75, 3.05) is 27.7 Å². The second-order valence-electron chi connectivity index (χ2n) is 5.68. The lowest BCUT2D eigenvalue weighted by Crippen LogP contribution is -2.30. The minimum absolute atomic E-state index is 0.415. The molecule has 1 aromatic carbocycles. The molecule has 122 valence electrons. The quantitative estimate of drug-likeness (QED) is 0.745. The second kappa shape index (κ2) is 7.39. The van der Waals surface area contributed by atoms with Gasteiger partial charge >= 0.3 is 0 Å². The molecule has 0 aliphatic rings. The van der Waals surface area contributed by atoms with Gasteiger partial charge in [-0.15, -0.1) is 0 Å². The predicted octanol–water partition coefficient (Wildman–Crippen LogP) is 1.09. The summed E-state index contributed by atoms with van der Waals surface area (Å²) in [7, 11) is 5.41. The lowest BCUT2D eigenvalue weighted by atomic mass is 10.1. The number of fused-ring (bicyclic) bond motifs is 1. The Bertz CT molecular complexity index is 629. The molecule has 0 radical (unpaired) electrons. The van der Waals surface area contributed by atoms with Crippen molar-refractivity contribution in [2.24, 2.45) is 5.73 Å². The topological polar surface area (TPSA) is 76.5 Å². The summed E-state index contributed by atoms with van der Waals surface area (Å²) in [6, 6.07) is 5.60. The first-order valence-corrected chi connectivity index (χ1v) is 7.54. The van der Waals surface area contributed by atoms with Gasteiger partial charge in [-0.3, -0.25) is 4.68 Å². The molecular weight excluding hydrogens is 304 g/mol. The highest BCUT2D eigenvalue weighted by Crippen LogP contribution is 2.24. The molecule has 7 heteroatoms. The maximum absolute atomic E-state index is 10.1. The van der Waals surface area contributed by atoms with Gasteiger partial charge < -0.3 is 20.5 Å². The number of rotatable bonds is 7. The van der Waals surface area contributed by atoms with E-state index in [1.165, 1.54) is 0 Å². The Morgan fingerprint density at radius 1 is 1.45 bits per heavy atom. The zero-order valence-corrected chi connectivity index (χ0v) is 13.9. The highest BCUT2D eigenvalue weighted by Gasteiger charge is 2.16. The molecule has 0 bridgehead atoms. The lowest BCUT2D eigenvalue weighted by Gasteiger charge is -2.16. The summed E-state index contributed by atoms with van der Waals surface area (Å²) in [5.41, 5.74) is 7.60. The molecule has 0 saturated carbocycles. The molecule has 1 aromatic heterocycles. The molecule has 2 atom stereocenters. The fraction of sp³-hybridized carbons (Fsp3) is 0.533. The second-order valence-corrected chi connectivity index (χ2v) is 6.12. The van der Waals surface area contributed by atoms with Crippen LogP contribution in [0.15, 0.2) is 18.2 Å². The molecule has 6 nitrogen and oxygen atoms in total. The molecule has 2 unspecified atom stereocenters. The molecule has 1 heterocycles. The van der Waals surface area contributed by atoms with Gasteiger partial charge in [-0.05, 0) is 32.3 Å². The number of benzene rings is 1. The number of halogens is 1. The maximum atomic E-state index is 10.1. The van der Waals surface area contributed by atoms with Crippen LogP contribution in [0.4, 0.5) is 0 Å². The monoisotopic (exact) mass is 326 g/mol. The van der Waals surface area contributed by atoms with Crippen LogP contribution < -0.4 is 5.73 Å². The van der Waals surface area contributed by atoms with Gasteiger partial charge in [0.05, 0.1) is 23.9 Å². The molecule has 0 aliphatic carbocycles. The van der Waals surface area contributed by atoms with Crippen LogP contribution in [-0.4, -0.2) is 59.9 Å². The van der Waals surface area contributed by atoms with Gasteiger partial charge in [0.25, 0.3) is 0 Å². The number of aliphatic hydroxyl groups is 1. The molecule has 2 aromatic rings. The number of hydrogen-bond acceptors (Lipinski definition) is 5. The Morgan fingerprint density at radius 3 is 2.82 bits per heavy atom. The van der Waals surface area contributed by atoms with E-state index in [4.69, 9.17) is 22.1 Å². The van der Waals surface area contributed by atoms with Crippen LogP contribution in [-0.2, 0) is 17.7 Å². The van der Waals surface area contributed by atoms with E-state index in [2.05, 4.69) is 5.10 Å². The van der Waals surface area contributed by atoms with Crippen molar-refractivity contribution in [2.45, 2.75) is 25.3 Å². The molecule has 0 spiro atoms. The fourth-order valence-electron chi connectivity index (χ4n) is 2.46. The van der Waals surface area contributed by atoms with Crippen LogP contribution >= 0.6 is 11.6 Å². The van der Waals surface area contributed by atoms with Gasteiger partial charge in [-0.1, -0.05) is 11.6 Å². The van der Waals surface area contributed by atoms with Gasteiger partial charge in [0.2, 0.25) is 0 Å². The summed E-state index contributed by atoms with van der Waals surface area (Å²) < 4.78 is 6.92. The van der Waals surface area contributed by atoms with E-state index in [1.807, 2.05) is 37.2 Å². The number of hydrogen-bond donors (Lipinski definition) is 2. The number of nitrogens with zero attached hydrogens (tertiary/aromatic N) is 3. The SMILES string of the molecule is COC(N)Cc1nn(CC(O)CN(C)C)c2ccc(Cl)cc12. The maximum Gasteiger partial charge on any atom is 0.110 e. The third kappa shape index (κ3) is 4.18. The number of aromatic nitrogens is 2. The van der Waals surface area contributed by atoms with E-state index >= 15 is 0 Å². The van der Waals surface area contributed by atoms with Crippen molar-refractivity contribution in [3.8, 4) is 0 Å². The van der Waals surface area contributed by atoms with E-state index < -0.39 is 12.3 Å². The molecular formula is C15H23ClN4O2. The summed E-state index contributed by atoms with van der Waals surface area (Å²) in [5, 5.41) is 16.3. The summed E-state index contributed by atoms with van der Waals surface area (Å²) in [5.74, 6) is 0. The minimum atomic E-state index is -0.502. The zero-order valence-electron chi connectivity index (χ0n) is 13.2. The van der Waals surface area contributed by atoms with E-state index in [-0.39, 0.29) is 0 Å². The Morgan fingerprint density at radius 2 is 2.18 bits per heavy atom. The van der Waals surface area contributed by atoms with Crippen molar-refractivity contribution in [1.82, 2.24) is 14.7 Å². The molecule has 22 heavy (non-hydrogen) atoms. The van der Waals surface area contributed by atoms with Crippen LogP contribution in [0, 0.1) is 0 Å². The highest BCUT2D eigenvalue weighted by molar-refractivity contribution is 6.31. The Balaban J connectivity index is 2.33. The first kappa shape index (κ1) is 17.2. The molecule has 0 aliphatic heterocycles. The third-order valence-electron chi connectivity index (χ3n) is 3.45. The van der Waals surface area contributed by atoms with Crippen molar-refractivity contribution in [1.29, 1.82) is 0 Å². The lowest BCUT2D eigenvalue weighted by molar-refractivity contribution is 0.107. The van der Waals surface area contributed by atoms with E-state index in [1.54, 1.807) is 11.8 Å². The van der Waals surface area contributed by atoms with Gasteiger partial charge in [0, 0.05) is 30.5 Å². The van der Waals surface area contributed by atoms with Crippen molar-refractivity contribution in [3.05, 3.63) is 28.9 Å². The Kier molecular flexibility index (Phi) is 5.77. The van der Waals surface area contributed by atoms with Crippen LogP contribution in [0.5, 0.6) is 0 Å². The van der Waals surface area contributed by atoms with Crippen LogP contribution in [0.25, 0.3) is 10.9 Å². The third-order valence-corrected chi connectivity index (χ3v) is 3.68. The molecule has 0 fully saturated rings. The average molecular weight is 327 g/mol. The first-order chi connectivity index (χ1) is 10.4. The van der Waals surface area contributed by atoms with Gasteiger partial charge in [-0.2, -0.15) is 5.10 Å². The van der Waals surface area contributed by atoms with Crippen molar-refractivity contribution in [3.63, 3.8) is 0 Å². The molecule has 0 amide bonds. The Hall–Kier alpha value is -1.18. The standard InChI is InChI=1S/C15H23ClN4O2/c1-19(2)8-11(21)9-20-14-5-4-10(16)6-12(14)13(18-20)7-15(17)22-3/h4-6,11,15,21H,7-9,17H2,1-3H3. The number of nitrogens with two attached hydrogens (primary N) is 1. The number of methoxy groups -OCH3 is 1. The summed E-state index contributed by atoms with van der Waals surface area (Å²) in [6.45, 7) is 0.987. The average Bonchev–Trinajstić information content (AvgIpc) is 2.75. The number of ether oxygens (including phenoxy) is 1. The number of aliphatic hydroxyl groups excluding tert-OH is 1. The largest absolute Gasteiger partial charge is 0.390 e. The van der Waals surface area contributed by atoms with E-state index in [9.17, 15) is 5.11 Å². The van der Waals surface area contributed by atoms with Gasteiger partial charge in [0.15, 0.2) is 0 Å². The summed E-state index contributed by atoms with van der Waals surface area (Å²) >= 11 is 6.09. The Labute approximate surface area is 135 Å². The molecule has 3 N–H and O–H groups in total. The van der Waals surface area contributed by atoms with Crippen LogP contribution in [0.3, 0.4) is 0 Å². The smallest absolute Gasteiger partial charge is 0.110 e. The van der Waals surface area contributed by atoms with Crippen LogP contribution in [0.1, 0.15) is 5.69 Å². The minimum Gasteiger partial charge on any atom is -0.390 e. The van der Waals surface area contributed by atoms with Gasteiger partial charge in [0.1, 0.15) is 6.23 Å². The normalized spacial score (nSPS) is 14.7. The molecule has 2 rings (SSSR count). The van der Waals surface area contributed by atoms with E-state index in [0.29, 0.717) is 24.5 Å². The van der Waals surface area contributed by atoms with Gasteiger partial charge in [-0.25, -0.2) is 0 Å². The fourth-order valence-corrected chi connectivity index (χ4v) is 2.63. The predicted molar refractivity (Wildman–Crippen MR) is 88.0 cm³/mol. The van der Waals surface area contributed by atoms with Crippen molar-refractivity contribution < 1.29 is 9.84 Å². The number of likely N-dealkylation sites (N-methyl/N-ethyl adjacent to an activating group) is 1. The summed E-state index contributed by atoms with van der Waals surface area (Å²) in [4.78, 5) is 1.94. The highest BCUT2D eigenvalue weighted by atomic mass is 35.5. The van der Waals surface area contributed by atoms with Crippen LogP contribution in [0.2, 0.25) is 5.02 Å². The molecule has 0 saturated heterocycles. The van der Waals surface area contributed by atoms with E-state index in [0.717, 1.165) is 16.6 Å². The zero-order chi connectivity index (χ0) is 16.3. The first-order valence-electron chi connectivity index (χ1n) is 7.16. The summed E-state index contributed by atoms with van der Waals surface area (Å²) in [6.07, 6.45) is -0.431. The van der Waals surface area contributed by atoms with Crippen molar-refractivity contribution >= 4 is 22.5 Å².